The second kappa shape index (κ2) is 8.82. The van der Waals surface area contributed by atoms with Gasteiger partial charge in [0.05, 0.1) is 11.9 Å². The molecule has 1 aromatic heterocycles. The van der Waals surface area contributed by atoms with Crippen molar-refractivity contribution in [3.63, 3.8) is 0 Å². The largest absolute Gasteiger partial charge is 0.349 e. The number of carbonyl (C=O) groups excluding carboxylic acids is 2. The van der Waals surface area contributed by atoms with Gasteiger partial charge in [0.1, 0.15) is 5.82 Å². The summed E-state index contributed by atoms with van der Waals surface area (Å²) in [5, 5.41) is 13.1. The van der Waals surface area contributed by atoms with Gasteiger partial charge >= 0.3 is 0 Å². The Kier molecular flexibility index (Phi) is 5.56. The van der Waals surface area contributed by atoms with Crippen molar-refractivity contribution in [2.75, 3.05) is 13.1 Å². The third-order valence-electron chi connectivity index (χ3n) is 5.91. The first kappa shape index (κ1) is 20.8. The number of fused-ring (bicyclic) bond motifs is 1. The first-order valence-corrected chi connectivity index (χ1v) is 10.8. The molecule has 1 fully saturated rings. The summed E-state index contributed by atoms with van der Waals surface area (Å²) < 4.78 is 14.8. The summed E-state index contributed by atoms with van der Waals surface area (Å²) in [5.41, 5.74) is 1.33. The molecular weight excluding hydrogens is 421 g/mol. The molecule has 2 amide bonds. The number of hydrogen-bond donors (Lipinski definition) is 1. The zero-order valence-corrected chi connectivity index (χ0v) is 17.8. The lowest BCUT2D eigenvalue weighted by molar-refractivity contribution is 0.0692. The van der Waals surface area contributed by atoms with Crippen LogP contribution < -0.4 is 5.32 Å². The number of halogens is 1. The normalized spacial score (nSPS) is 14.4. The van der Waals surface area contributed by atoms with Gasteiger partial charge in [-0.3, -0.25) is 9.59 Å². The van der Waals surface area contributed by atoms with E-state index in [0.29, 0.717) is 37.2 Å². The molecule has 3 aromatic carbocycles. The van der Waals surface area contributed by atoms with Gasteiger partial charge in [-0.15, -0.1) is 5.10 Å². The lowest BCUT2D eigenvalue weighted by Gasteiger charge is -2.32. The SMILES string of the molecule is O=C(NC1CCN(C(=O)c2cn(-c3cccc(F)c3)nn2)CC1)c1ccc2ccccc2c1. The first-order valence-electron chi connectivity index (χ1n) is 10.8. The lowest BCUT2D eigenvalue weighted by Crippen LogP contribution is -2.46. The van der Waals surface area contributed by atoms with Crippen molar-refractivity contribution in [1.82, 2.24) is 25.2 Å². The number of amides is 2. The second-order valence-electron chi connectivity index (χ2n) is 8.13. The molecular formula is C25H22FN5O2. The standard InChI is InChI=1S/C25H22FN5O2/c26-20-6-3-7-22(15-20)31-16-23(28-29-31)25(33)30-12-10-21(11-13-30)27-24(32)19-9-8-17-4-1-2-5-18(17)14-19/h1-9,14-16,21H,10-13H2,(H,27,32). The molecule has 166 valence electrons. The maximum atomic E-state index is 13.4. The van der Waals surface area contributed by atoms with Crippen LogP contribution in [-0.4, -0.2) is 50.8 Å². The number of nitrogens with one attached hydrogen (secondary N) is 1. The minimum Gasteiger partial charge on any atom is -0.349 e. The maximum Gasteiger partial charge on any atom is 0.276 e. The summed E-state index contributed by atoms with van der Waals surface area (Å²) in [4.78, 5) is 27.3. The van der Waals surface area contributed by atoms with Gasteiger partial charge in [0.15, 0.2) is 5.69 Å². The first-order chi connectivity index (χ1) is 16.1. The molecule has 1 saturated heterocycles. The average Bonchev–Trinajstić information content (AvgIpc) is 3.34. The van der Waals surface area contributed by atoms with Crippen molar-refractivity contribution in [3.8, 4) is 5.69 Å². The Bertz CT molecular complexity index is 1330. The number of carbonyl (C=O) groups is 2. The van der Waals surface area contributed by atoms with Gasteiger partial charge in [-0.2, -0.15) is 0 Å². The van der Waals surface area contributed by atoms with Gasteiger partial charge in [0.25, 0.3) is 11.8 Å². The molecule has 5 rings (SSSR count). The van der Waals surface area contributed by atoms with Crippen LogP contribution in [-0.2, 0) is 0 Å². The topological polar surface area (TPSA) is 80.1 Å². The molecule has 1 aliphatic heterocycles. The third kappa shape index (κ3) is 4.45. The number of aromatic nitrogens is 3. The van der Waals surface area contributed by atoms with E-state index >= 15 is 0 Å². The molecule has 7 nitrogen and oxygen atoms in total. The highest BCUT2D eigenvalue weighted by Gasteiger charge is 2.26. The second-order valence-corrected chi connectivity index (χ2v) is 8.13. The van der Waals surface area contributed by atoms with Crippen molar-refractivity contribution in [2.45, 2.75) is 18.9 Å². The fourth-order valence-corrected chi connectivity index (χ4v) is 4.09. The third-order valence-corrected chi connectivity index (χ3v) is 5.91. The van der Waals surface area contributed by atoms with Crippen LogP contribution in [0.1, 0.15) is 33.7 Å². The Morgan fingerprint density at radius 2 is 1.73 bits per heavy atom. The van der Waals surface area contributed by atoms with E-state index in [2.05, 4.69) is 15.6 Å². The quantitative estimate of drug-likeness (QED) is 0.523. The van der Waals surface area contributed by atoms with Crippen molar-refractivity contribution >= 4 is 22.6 Å². The van der Waals surface area contributed by atoms with Crippen LogP contribution in [0.2, 0.25) is 0 Å². The number of hydrogen-bond acceptors (Lipinski definition) is 4. The van der Waals surface area contributed by atoms with Crippen LogP contribution >= 0.6 is 0 Å². The van der Waals surface area contributed by atoms with E-state index in [1.807, 2.05) is 42.5 Å². The zero-order chi connectivity index (χ0) is 22.8. The molecule has 0 spiro atoms. The molecule has 0 aliphatic carbocycles. The average molecular weight is 443 g/mol. The van der Waals surface area contributed by atoms with E-state index < -0.39 is 0 Å². The number of benzene rings is 3. The number of nitrogens with zero attached hydrogens (tertiary/aromatic N) is 4. The van der Waals surface area contributed by atoms with Crippen LogP contribution in [0, 0.1) is 5.82 Å². The molecule has 0 bridgehead atoms. The summed E-state index contributed by atoms with van der Waals surface area (Å²) >= 11 is 0. The van der Waals surface area contributed by atoms with Gasteiger partial charge in [0, 0.05) is 24.7 Å². The van der Waals surface area contributed by atoms with Gasteiger partial charge in [-0.1, -0.05) is 41.6 Å². The molecule has 0 atom stereocenters. The summed E-state index contributed by atoms with van der Waals surface area (Å²) in [7, 11) is 0. The minimum absolute atomic E-state index is 0.00371. The van der Waals surface area contributed by atoms with Crippen molar-refractivity contribution in [3.05, 3.63) is 90.0 Å². The summed E-state index contributed by atoms with van der Waals surface area (Å²) in [6.07, 6.45) is 2.82. The predicted molar refractivity (Wildman–Crippen MR) is 122 cm³/mol. The number of likely N-dealkylation sites (tertiary alicyclic amines) is 1. The molecule has 33 heavy (non-hydrogen) atoms. The fraction of sp³-hybridized carbons (Fsp3) is 0.200. The van der Waals surface area contributed by atoms with Crippen LogP contribution in [0.25, 0.3) is 16.5 Å². The van der Waals surface area contributed by atoms with Crippen LogP contribution in [0.15, 0.2) is 72.9 Å². The van der Waals surface area contributed by atoms with Gasteiger partial charge in [-0.25, -0.2) is 9.07 Å². The number of piperidine rings is 1. The molecule has 2 heterocycles. The summed E-state index contributed by atoms with van der Waals surface area (Å²) in [6, 6.07) is 19.5. The van der Waals surface area contributed by atoms with Crippen LogP contribution in [0.5, 0.6) is 0 Å². The molecule has 0 saturated carbocycles. The van der Waals surface area contributed by atoms with E-state index in [-0.39, 0.29) is 29.4 Å². The van der Waals surface area contributed by atoms with E-state index in [9.17, 15) is 14.0 Å². The van der Waals surface area contributed by atoms with Gasteiger partial charge < -0.3 is 10.2 Å². The van der Waals surface area contributed by atoms with E-state index in [1.54, 1.807) is 17.0 Å². The maximum absolute atomic E-state index is 13.4. The highest BCUT2D eigenvalue weighted by Crippen LogP contribution is 2.18. The smallest absolute Gasteiger partial charge is 0.276 e. The zero-order valence-electron chi connectivity index (χ0n) is 17.8. The monoisotopic (exact) mass is 443 g/mol. The Morgan fingerprint density at radius 3 is 2.52 bits per heavy atom. The molecule has 0 unspecified atom stereocenters. The van der Waals surface area contributed by atoms with Crippen molar-refractivity contribution in [1.29, 1.82) is 0 Å². The molecule has 0 radical (unpaired) electrons. The number of rotatable bonds is 4. The van der Waals surface area contributed by atoms with E-state index in [0.717, 1.165) is 10.8 Å². The minimum atomic E-state index is -0.385. The van der Waals surface area contributed by atoms with E-state index in [1.165, 1.54) is 23.0 Å². The summed E-state index contributed by atoms with van der Waals surface area (Å²) in [6.45, 7) is 1.02. The Balaban J connectivity index is 1.18. The van der Waals surface area contributed by atoms with Crippen molar-refractivity contribution in [2.24, 2.45) is 0 Å². The predicted octanol–water partition coefficient (Wildman–Crippen LogP) is 3.59. The van der Waals surface area contributed by atoms with Gasteiger partial charge in [0.2, 0.25) is 0 Å². The molecule has 1 aliphatic rings. The lowest BCUT2D eigenvalue weighted by atomic mass is 10.0. The molecule has 4 aromatic rings. The molecule has 8 heteroatoms. The molecule has 1 N–H and O–H groups in total. The fourth-order valence-electron chi connectivity index (χ4n) is 4.09. The van der Waals surface area contributed by atoms with Crippen LogP contribution in [0.4, 0.5) is 4.39 Å². The summed E-state index contributed by atoms with van der Waals surface area (Å²) in [5.74, 6) is -0.718. The van der Waals surface area contributed by atoms with Gasteiger partial charge in [-0.05, 0) is 53.9 Å². The Hall–Kier alpha value is -4.07. The Morgan fingerprint density at radius 1 is 0.939 bits per heavy atom. The van der Waals surface area contributed by atoms with Crippen molar-refractivity contribution < 1.29 is 14.0 Å². The van der Waals surface area contributed by atoms with E-state index in [4.69, 9.17) is 0 Å². The Labute approximate surface area is 189 Å². The highest BCUT2D eigenvalue weighted by atomic mass is 19.1. The highest BCUT2D eigenvalue weighted by molar-refractivity contribution is 5.98. The van der Waals surface area contributed by atoms with Crippen LogP contribution in [0.3, 0.4) is 0 Å².